The first-order valence-electron chi connectivity index (χ1n) is 2.24. The summed E-state index contributed by atoms with van der Waals surface area (Å²) in [5, 5.41) is 3.05. The van der Waals surface area contributed by atoms with Crippen LogP contribution in [0.4, 0.5) is 0 Å². The first-order valence-corrected chi connectivity index (χ1v) is 2.78. The van der Waals surface area contributed by atoms with Crippen LogP contribution < -0.4 is 5.32 Å². The lowest BCUT2D eigenvalue weighted by molar-refractivity contribution is 0.665. The van der Waals surface area contributed by atoms with E-state index in [1.807, 2.05) is 6.21 Å². The minimum atomic E-state index is 0.182. The third-order valence-corrected chi connectivity index (χ3v) is 1.17. The number of nitrogens with zero attached hydrogens (tertiary/aromatic N) is 1. The van der Waals surface area contributed by atoms with Crippen LogP contribution in [0.5, 0.6) is 0 Å². The van der Waals surface area contributed by atoms with Gasteiger partial charge in [-0.2, -0.15) is 0 Å². The summed E-state index contributed by atoms with van der Waals surface area (Å²) in [5.41, 5.74) is 0. The van der Waals surface area contributed by atoms with E-state index in [-0.39, 0.29) is 6.17 Å². The van der Waals surface area contributed by atoms with Gasteiger partial charge >= 0.3 is 0 Å². The normalized spacial score (nSPS) is 29.0. The Kier molecular flexibility index (Phi) is 1.65. The molecule has 7 heavy (non-hydrogen) atoms. The van der Waals surface area contributed by atoms with Crippen molar-refractivity contribution in [1.82, 2.24) is 5.32 Å². The maximum absolute atomic E-state index is 5.43. The van der Waals surface area contributed by atoms with E-state index in [1.165, 1.54) is 0 Å². The van der Waals surface area contributed by atoms with E-state index in [0.29, 0.717) is 5.88 Å². The van der Waals surface area contributed by atoms with Crippen LogP contribution in [0.15, 0.2) is 4.99 Å². The number of nitrogens with one attached hydrogen (secondary N) is 1. The monoisotopic (exact) mass is 118 g/mol. The first kappa shape index (κ1) is 5.06. The SMILES string of the molecule is ClCC1N=CCN1. The lowest BCUT2D eigenvalue weighted by atomic mass is 10.6. The van der Waals surface area contributed by atoms with E-state index in [9.17, 15) is 0 Å². The van der Waals surface area contributed by atoms with Crippen LogP contribution in [-0.2, 0) is 0 Å². The molecule has 2 nitrogen and oxygen atoms in total. The molecule has 1 heterocycles. The molecule has 0 spiro atoms. The Balaban J connectivity index is 2.28. The molecule has 0 aliphatic carbocycles. The van der Waals surface area contributed by atoms with Gasteiger partial charge in [0, 0.05) is 12.8 Å². The quantitative estimate of drug-likeness (QED) is 0.490. The molecule has 0 fully saturated rings. The Morgan fingerprint density at radius 3 is 3.14 bits per heavy atom. The van der Waals surface area contributed by atoms with Crippen molar-refractivity contribution in [2.24, 2.45) is 4.99 Å². The summed E-state index contributed by atoms with van der Waals surface area (Å²) >= 11 is 5.43. The van der Waals surface area contributed by atoms with Crippen LogP contribution in [0.2, 0.25) is 0 Å². The van der Waals surface area contributed by atoms with Gasteiger partial charge < -0.3 is 0 Å². The van der Waals surface area contributed by atoms with Gasteiger partial charge in [-0.05, 0) is 0 Å². The zero-order chi connectivity index (χ0) is 5.11. The molecule has 1 N–H and O–H groups in total. The molecule has 0 aromatic carbocycles. The van der Waals surface area contributed by atoms with Gasteiger partial charge in [0.25, 0.3) is 0 Å². The van der Waals surface area contributed by atoms with Crippen molar-refractivity contribution in [3.8, 4) is 0 Å². The Labute approximate surface area is 47.6 Å². The molecule has 1 rings (SSSR count). The molecule has 0 bridgehead atoms. The topological polar surface area (TPSA) is 24.4 Å². The van der Waals surface area contributed by atoms with Crippen LogP contribution in [-0.4, -0.2) is 24.8 Å². The summed E-state index contributed by atoms with van der Waals surface area (Å²) in [5.74, 6) is 0.580. The van der Waals surface area contributed by atoms with E-state index in [0.717, 1.165) is 6.54 Å². The average molecular weight is 119 g/mol. The highest BCUT2D eigenvalue weighted by molar-refractivity contribution is 6.18. The van der Waals surface area contributed by atoms with Crippen LogP contribution >= 0.6 is 11.6 Å². The fourth-order valence-electron chi connectivity index (χ4n) is 0.516. The molecule has 0 aromatic rings. The fourth-order valence-corrected chi connectivity index (χ4v) is 0.705. The number of rotatable bonds is 1. The summed E-state index contributed by atoms with van der Waals surface area (Å²) in [7, 11) is 0. The highest BCUT2D eigenvalue weighted by Crippen LogP contribution is 1.91. The molecule has 0 radical (unpaired) electrons. The summed E-state index contributed by atoms with van der Waals surface area (Å²) < 4.78 is 0. The second-order valence-electron chi connectivity index (χ2n) is 1.41. The van der Waals surface area contributed by atoms with E-state index in [2.05, 4.69) is 10.3 Å². The summed E-state index contributed by atoms with van der Waals surface area (Å²) in [6.07, 6.45) is 2.02. The van der Waals surface area contributed by atoms with E-state index in [1.54, 1.807) is 0 Å². The zero-order valence-electron chi connectivity index (χ0n) is 3.89. The first-order chi connectivity index (χ1) is 3.43. The number of halogens is 1. The molecule has 0 aromatic heterocycles. The van der Waals surface area contributed by atoms with Gasteiger partial charge in [0.05, 0.1) is 5.88 Å². The largest absolute Gasteiger partial charge is 0.290 e. The van der Waals surface area contributed by atoms with Gasteiger partial charge in [0.15, 0.2) is 0 Å². The van der Waals surface area contributed by atoms with Gasteiger partial charge in [-0.1, -0.05) is 0 Å². The second kappa shape index (κ2) is 2.28. The lowest BCUT2D eigenvalue weighted by Gasteiger charge is -1.98. The van der Waals surface area contributed by atoms with Crippen molar-refractivity contribution in [1.29, 1.82) is 0 Å². The van der Waals surface area contributed by atoms with Crippen LogP contribution in [0, 0.1) is 0 Å². The van der Waals surface area contributed by atoms with E-state index >= 15 is 0 Å². The molecule has 1 aliphatic heterocycles. The summed E-state index contributed by atoms with van der Waals surface area (Å²) in [4.78, 5) is 3.99. The van der Waals surface area contributed by atoms with Crippen LogP contribution in [0.25, 0.3) is 0 Å². The lowest BCUT2D eigenvalue weighted by Crippen LogP contribution is -2.23. The number of alkyl halides is 1. The van der Waals surface area contributed by atoms with Crippen molar-refractivity contribution >= 4 is 17.8 Å². The Bertz CT molecular complexity index is 81.8. The number of aliphatic imine (C=N–C) groups is 1. The Hall–Kier alpha value is -0.0800. The van der Waals surface area contributed by atoms with E-state index < -0.39 is 0 Å². The van der Waals surface area contributed by atoms with Crippen molar-refractivity contribution in [3.05, 3.63) is 0 Å². The van der Waals surface area contributed by atoms with Crippen molar-refractivity contribution in [3.63, 3.8) is 0 Å². The molecule has 1 atom stereocenters. The predicted molar refractivity (Wildman–Crippen MR) is 31.0 cm³/mol. The van der Waals surface area contributed by atoms with Crippen LogP contribution in [0.3, 0.4) is 0 Å². The molecule has 3 heteroatoms. The molecule has 0 amide bonds. The van der Waals surface area contributed by atoms with Crippen molar-refractivity contribution in [2.75, 3.05) is 12.4 Å². The minimum Gasteiger partial charge on any atom is -0.290 e. The summed E-state index contributed by atoms with van der Waals surface area (Å²) in [6, 6.07) is 0. The highest BCUT2D eigenvalue weighted by Gasteiger charge is 2.04. The van der Waals surface area contributed by atoms with E-state index in [4.69, 9.17) is 11.6 Å². The molecule has 1 unspecified atom stereocenters. The maximum Gasteiger partial charge on any atom is 0.113 e. The van der Waals surface area contributed by atoms with Gasteiger partial charge in [-0.15, -0.1) is 11.6 Å². The molecule has 1 aliphatic rings. The average Bonchev–Trinajstić information content (AvgIpc) is 2.14. The third-order valence-electron chi connectivity index (χ3n) is 0.876. The smallest absolute Gasteiger partial charge is 0.113 e. The fraction of sp³-hybridized carbons (Fsp3) is 0.750. The number of hydrogen-bond acceptors (Lipinski definition) is 2. The maximum atomic E-state index is 5.43. The van der Waals surface area contributed by atoms with Gasteiger partial charge in [0.1, 0.15) is 6.17 Å². The molecular weight excluding hydrogens is 112 g/mol. The van der Waals surface area contributed by atoms with Gasteiger partial charge in [-0.25, -0.2) is 0 Å². The molecular formula is C4H7ClN2. The van der Waals surface area contributed by atoms with Crippen molar-refractivity contribution in [2.45, 2.75) is 6.17 Å². The van der Waals surface area contributed by atoms with Crippen molar-refractivity contribution < 1.29 is 0 Å². The number of hydrogen-bond donors (Lipinski definition) is 1. The minimum absolute atomic E-state index is 0.182. The third kappa shape index (κ3) is 1.14. The zero-order valence-corrected chi connectivity index (χ0v) is 4.65. The van der Waals surface area contributed by atoms with Gasteiger partial charge in [-0.3, -0.25) is 10.3 Å². The molecule has 40 valence electrons. The van der Waals surface area contributed by atoms with Crippen LogP contribution in [0.1, 0.15) is 0 Å². The Morgan fingerprint density at radius 2 is 2.86 bits per heavy atom. The highest BCUT2D eigenvalue weighted by atomic mass is 35.5. The Morgan fingerprint density at radius 1 is 2.00 bits per heavy atom. The summed E-state index contributed by atoms with van der Waals surface area (Å²) in [6.45, 7) is 0.872. The standard InChI is InChI=1S/C4H7ClN2/c5-3-4-6-1-2-7-4/h1,4,7H,2-3H2. The molecule has 0 saturated heterocycles. The van der Waals surface area contributed by atoms with Gasteiger partial charge in [0.2, 0.25) is 0 Å². The molecule has 0 saturated carbocycles. The second-order valence-corrected chi connectivity index (χ2v) is 1.72. The predicted octanol–water partition coefficient (Wildman–Crippen LogP) is 0.225.